The Bertz CT molecular complexity index is 1480. The van der Waals surface area contributed by atoms with Gasteiger partial charge in [0.15, 0.2) is 5.82 Å². The predicted octanol–water partition coefficient (Wildman–Crippen LogP) is 5.78. The second-order valence-electron chi connectivity index (χ2n) is 7.71. The van der Waals surface area contributed by atoms with Crippen LogP contribution in [-0.4, -0.2) is 16.2 Å². The highest BCUT2D eigenvalue weighted by molar-refractivity contribution is 7.08. The summed E-state index contributed by atoms with van der Waals surface area (Å²) in [7, 11) is 0. The molecule has 9 heteroatoms. The van der Waals surface area contributed by atoms with Gasteiger partial charge in [-0.1, -0.05) is 30.3 Å². The van der Waals surface area contributed by atoms with E-state index in [1.807, 2.05) is 29.6 Å². The van der Waals surface area contributed by atoms with Gasteiger partial charge in [-0.25, -0.2) is 9.18 Å². The van der Waals surface area contributed by atoms with Crippen LogP contribution in [0.5, 0.6) is 0 Å². The molecule has 0 bridgehead atoms. The van der Waals surface area contributed by atoms with Crippen molar-refractivity contribution in [1.82, 2.24) is 10.2 Å². The monoisotopic (exact) mass is 472 g/mol. The van der Waals surface area contributed by atoms with Gasteiger partial charge in [-0.15, -0.1) is 0 Å². The third-order valence-corrected chi connectivity index (χ3v) is 6.23. The van der Waals surface area contributed by atoms with E-state index in [1.165, 1.54) is 12.1 Å². The molecule has 0 radical (unpaired) electrons. The second kappa shape index (κ2) is 8.97. The molecule has 0 aliphatic carbocycles. The van der Waals surface area contributed by atoms with Crippen LogP contribution in [0.2, 0.25) is 0 Å². The van der Waals surface area contributed by atoms with Gasteiger partial charge >= 0.3 is 6.03 Å². The summed E-state index contributed by atoms with van der Waals surface area (Å²) in [6.45, 7) is 0.251. The average Bonchev–Trinajstić information content (AvgIpc) is 3.51. The van der Waals surface area contributed by atoms with Gasteiger partial charge in [0.25, 0.3) is 0 Å². The molecule has 2 aromatic heterocycles. The standard InChI is InChI=1S/C25H21FN6OS/c26-20-8-1-14(12-27)11-21(20)30-25(33)29-17-4-2-15(3-5-17)18-6-7-19(16-9-10-34-13-16)23-22(18)24(28)32-31-23/h1-11,13H,12,27H2,(H3,28,31,32)(H2,29,30,33). The number of urea groups is 1. The Hall–Kier alpha value is -4.21. The molecule has 5 rings (SSSR count). The van der Waals surface area contributed by atoms with Crippen molar-refractivity contribution in [3.8, 4) is 22.3 Å². The number of halogens is 1. The Morgan fingerprint density at radius 3 is 2.53 bits per heavy atom. The van der Waals surface area contributed by atoms with Crippen molar-refractivity contribution in [3.63, 3.8) is 0 Å². The quantitative estimate of drug-likeness (QED) is 0.222. The maximum Gasteiger partial charge on any atom is 0.323 e. The summed E-state index contributed by atoms with van der Waals surface area (Å²) < 4.78 is 14.0. The van der Waals surface area contributed by atoms with E-state index in [2.05, 4.69) is 32.3 Å². The maximum absolute atomic E-state index is 14.0. The fraction of sp³-hybridized carbons (Fsp3) is 0.0400. The van der Waals surface area contributed by atoms with E-state index in [1.54, 1.807) is 29.5 Å². The molecule has 7 nitrogen and oxygen atoms in total. The van der Waals surface area contributed by atoms with E-state index in [0.717, 1.165) is 38.7 Å². The lowest BCUT2D eigenvalue weighted by molar-refractivity contribution is 0.262. The van der Waals surface area contributed by atoms with Gasteiger partial charge in [-0.2, -0.15) is 16.4 Å². The summed E-state index contributed by atoms with van der Waals surface area (Å²) in [6.07, 6.45) is 0. The smallest absolute Gasteiger partial charge is 0.323 e. The highest BCUT2D eigenvalue weighted by atomic mass is 32.1. The van der Waals surface area contributed by atoms with E-state index < -0.39 is 11.8 Å². The minimum atomic E-state index is -0.553. The van der Waals surface area contributed by atoms with E-state index >= 15 is 0 Å². The highest BCUT2D eigenvalue weighted by Crippen LogP contribution is 2.38. The predicted molar refractivity (Wildman–Crippen MR) is 136 cm³/mol. The number of nitrogens with two attached hydrogens (primary N) is 2. The van der Waals surface area contributed by atoms with Crippen LogP contribution in [0, 0.1) is 5.82 Å². The zero-order chi connectivity index (χ0) is 23.7. The molecule has 0 fully saturated rings. The number of aromatic nitrogens is 2. The number of hydrogen-bond acceptors (Lipinski definition) is 5. The SMILES string of the molecule is NCc1ccc(F)c(NC(=O)Nc2ccc(-c3ccc(-c4ccsc4)c4[nH]nc(N)c34)cc2)c1. The number of benzene rings is 3. The summed E-state index contributed by atoms with van der Waals surface area (Å²) in [5.74, 6) is -0.110. The number of rotatable bonds is 5. The third-order valence-electron chi connectivity index (χ3n) is 5.55. The fourth-order valence-corrected chi connectivity index (χ4v) is 4.52. The summed E-state index contributed by atoms with van der Waals surface area (Å²) in [6, 6.07) is 17.2. The summed E-state index contributed by atoms with van der Waals surface area (Å²) in [5, 5.41) is 17.5. The molecule has 0 saturated carbocycles. The van der Waals surface area contributed by atoms with Gasteiger partial charge in [0.2, 0.25) is 0 Å². The van der Waals surface area contributed by atoms with Crippen molar-refractivity contribution < 1.29 is 9.18 Å². The summed E-state index contributed by atoms with van der Waals surface area (Å²) in [5.41, 5.74) is 18.0. The maximum atomic E-state index is 14.0. The van der Waals surface area contributed by atoms with Gasteiger partial charge in [-0.3, -0.25) is 5.10 Å². The lowest BCUT2D eigenvalue weighted by Crippen LogP contribution is -2.20. The van der Waals surface area contributed by atoms with Crippen LogP contribution in [0.1, 0.15) is 5.56 Å². The Balaban J connectivity index is 1.38. The Morgan fingerprint density at radius 2 is 1.79 bits per heavy atom. The first-order valence-electron chi connectivity index (χ1n) is 10.5. The number of thiophene rings is 1. The normalized spacial score (nSPS) is 11.0. The zero-order valence-electron chi connectivity index (χ0n) is 17.9. The van der Waals surface area contributed by atoms with Crippen LogP contribution in [0.25, 0.3) is 33.2 Å². The minimum Gasteiger partial charge on any atom is -0.382 e. The molecular formula is C25H21FN6OS. The lowest BCUT2D eigenvalue weighted by Gasteiger charge is -2.11. The summed E-state index contributed by atoms with van der Waals surface area (Å²) in [4.78, 5) is 12.4. The first-order chi connectivity index (χ1) is 16.5. The van der Waals surface area contributed by atoms with E-state index in [0.29, 0.717) is 11.5 Å². The van der Waals surface area contributed by atoms with E-state index in [9.17, 15) is 9.18 Å². The fourth-order valence-electron chi connectivity index (χ4n) is 3.87. The number of H-pyrrole nitrogens is 1. The molecule has 0 aliphatic rings. The number of aromatic amines is 1. The molecule has 34 heavy (non-hydrogen) atoms. The van der Waals surface area contributed by atoms with E-state index in [-0.39, 0.29) is 12.2 Å². The van der Waals surface area contributed by atoms with Gasteiger partial charge in [0, 0.05) is 17.8 Å². The number of fused-ring (bicyclic) bond motifs is 1. The van der Waals surface area contributed by atoms with Gasteiger partial charge in [-0.05, 0) is 63.3 Å². The molecule has 0 saturated heterocycles. The van der Waals surface area contributed by atoms with Crippen molar-refractivity contribution in [2.75, 3.05) is 16.4 Å². The molecule has 0 aliphatic heterocycles. The largest absolute Gasteiger partial charge is 0.382 e. The van der Waals surface area contributed by atoms with Gasteiger partial charge in [0.1, 0.15) is 5.82 Å². The lowest BCUT2D eigenvalue weighted by atomic mass is 9.96. The molecule has 0 atom stereocenters. The van der Waals surface area contributed by atoms with E-state index in [4.69, 9.17) is 11.5 Å². The van der Waals surface area contributed by atoms with Crippen molar-refractivity contribution >= 4 is 45.5 Å². The molecule has 7 N–H and O–H groups in total. The first-order valence-corrected chi connectivity index (χ1v) is 11.4. The number of hydrogen-bond donors (Lipinski definition) is 5. The number of anilines is 3. The van der Waals surface area contributed by atoms with Crippen molar-refractivity contribution in [2.24, 2.45) is 5.73 Å². The van der Waals surface area contributed by atoms with Crippen molar-refractivity contribution in [2.45, 2.75) is 6.54 Å². The van der Waals surface area contributed by atoms with Crippen LogP contribution in [-0.2, 0) is 6.54 Å². The second-order valence-corrected chi connectivity index (χ2v) is 8.49. The Labute approximate surface area is 198 Å². The average molecular weight is 473 g/mol. The zero-order valence-corrected chi connectivity index (χ0v) is 18.7. The van der Waals surface area contributed by atoms with Crippen LogP contribution in [0.4, 0.5) is 26.4 Å². The number of nitrogens with one attached hydrogen (secondary N) is 3. The third kappa shape index (κ3) is 4.09. The molecular weight excluding hydrogens is 451 g/mol. The topological polar surface area (TPSA) is 122 Å². The van der Waals surface area contributed by atoms with Gasteiger partial charge < -0.3 is 22.1 Å². The number of amides is 2. The molecule has 0 unspecified atom stereocenters. The molecule has 5 aromatic rings. The first kappa shape index (κ1) is 21.6. The molecule has 2 amide bonds. The van der Waals surface area contributed by atoms with Crippen molar-refractivity contribution in [3.05, 3.63) is 82.8 Å². The molecule has 0 spiro atoms. The number of carbonyl (C=O) groups excluding carboxylic acids is 1. The van der Waals surface area contributed by atoms with Crippen LogP contribution >= 0.6 is 11.3 Å². The summed E-state index contributed by atoms with van der Waals surface area (Å²) >= 11 is 1.63. The minimum absolute atomic E-state index is 0.0700. The Kier molecular flexibility index (Phi) is 5.70. The molecule has 3 aromatic carbocycles. The van der Waals surface area contributed by atoms with Crippen LogP contribution in [0.3, 0.4) is 0 Å². The number of nitrogens with zero attached hydrogens (tertiary/aromatic N) is 1. The highest BCUT2D eigenvalue weighted by Gasteiger charge is 2.15. The van der Waals surface area contributed by atoms with Crippen LogP contribution in [0.15, 0.2) is 71.4 Å². The van der Waals surface area contributed by atoms with Gasteiger partial charge in [0.05, 0.1) is 16.6 Å². The number of nitrogen functional groups attached to an aromatic ring is 1. The van der Waals surface area contributed by atoms with Crippen molar-refractivity contribution in [1.29, 1.82) is 0 Å². The molecule has 170 valence electrons. The van der Waals surface area contributed by atoms with Crippen LogP contribution < -0.4 is 22.1 Å². The number of carbonyl (C=O) groups is 1. The molecule has 2 heterocycles. The Morgan fingerprint density at radius 1 is 1.00 bits per heavy atom.